The molecule has 0 N–H and O–H groups in total. The summed E-state index contributed by atoms with van der Waals surface area (Å²) < 4.78 is 11.0. The van der Waals surface area contributed by atoms with Gasteiger partial charge in [0.05, 0.1) is 12.5 Å². The van der Waals surface area contributed by atoms with Gasteiger partial charge in [-0.25, -0.2) is 0 Å². The minimum Gasteiger partial charge on any atom is -0.461 e. The highest BCUT2D eigenvalue weighted by Crippen LogP contribution is 2.28. The molecule has 0 aromatic heterocycles. The average molecular weight is 318 g/mol. The number of benzene rings is 1. The van der Waals surface area contributed by atoms with Crippen LogP contribution in [0.15, 0.2) is 104 Å². The van der Waals surface area contributed by atoms with E-state index in [1.807, 2.05) is 0 Å². The maximum Gasteiger partial charge on any atom is 0.169 e. The van der Waals surface area contributed by atoms with Crippen molar-refractivity contribution in [1.29, 1.82) is 0 Å². The molecule has 0 bridgehead atoms. The van der Waals surface area contributed by atoms with E-state index in [9.17, 15) is 4.79 Å². The van der Waals surface area contributed by atoms with Crippen LogP contribution in [0.5, 0.6) is 11.5 Å². The van der Waals surface area contributed by atoms with Gasteiger partial charge in [-0.1, -0.05) is 37.5 Å². The van der Waals surface area contributed by atoms with E-state index >= 15 is 0 Å². The third kappa shape index (κ3) is 7.48. The molecule has 0 unspecified atom stereocenters. The Balaban J connectivity index is 2.81. The molecule has 0 radical (unpaired) electrons. The van der Waals surface area contributed by atoms with Crippen LogP contribution >= 0.6 is 0 Å². The second-order valence-electron chi connectivity index (χ2n) is 4.23. The molecule has 0 heterocycles. The third-order valence-corrected chi connectivity index (χ3v) is 2.52. The molecule has 1 aromatic rings. The summed E-state index contributed by atoms with van der Waals surface area (Å²) in [6, 6.07) is 4.92. The van der Waals surface area contributed by atoms with Crippen molar-refractivity contribution in [2.24, 2.45) is 0 Å². The molecular formula is C21H18O3. The molecule has 0 fully saturated rings. The number of aldehydes is 1. The first-order valence-electron chi connectivity index (χ1n) is 7.09. The van der Waals surface area contributed by atoms with Gasteiger partial charge in [-0.15, -0.1) is 11.5 Å². The number of hydrogen-bond acceptors (Lipinski definition) is 3. The Kier molecular flexibility index (Phi) is 9.33. The summed E-state index contributed by atoms with van der Waals surface area (Å²) in [6.45, 7) is 6.91. The van der Waals surface area contributed by atoms with Gasteiger partial charge in [-0.3, -0.25) is 4.79 Å². The highest BCUT2D eigenvalue weighted by molar-refractivity contribution is 5.76. The second-order valence-corrected chi connectivity index (χ2v) is 4.23. The molecular weight excluding hydrogens is 300 g/mol. The van der Waals surface area contributed by atoms with E-state index in [4.69, 9.17) is 9.47 Å². The predicted octanol–water partition coefficient (Wildman–Crippen LogP) is 5.08. The van der Waals surface area contributed by atoms with E-state index < -0.39 is 0 Å². The summed E-state index contributed by atoms with van der Waals surface area (Å²) in [7, 11) is 0. The van der Waals surface area contributed by atoms with Crippen LogP contribution < -0.4 is 9.47 Å². The van der Waals surface area contributed by atoms with E-state index in [1.165, 1.54) is 12.5 Å². The van der Waals surface area contributed by atoms with Crippen molar-refractivity contribution in [2.75, 3.05) is 0 Å². The highest BCUT2D eigenvalue weighted by atomic mass is 16.5. The van der Waals surface area contributed by atoms with Crippen molar-refractivity contribution in [2.45, 2.75) is 0 Å². The van der Waals surface area contributed by atoms with Crippen LogP contribution in [-0.4, -0.2) is 6.29 Å². The first-order chi connectivity index (χ1) is 11.8. The fourth-order valence-electron chi connectivity index (χ4n) is 1.48. The summed E-state index contributed by atoms with van der Waals surface area (Å²) in [6.07, 6.45) is 17.6. The Labute approximate surface area is 142 Å². The van der Waals surface area contributed by atoms with Crippen molar-refractivity contribution in [1.82, 2.24) is 0 Å². The molecule has 1 rings (SSSR count). The first-order valence-corrected chi connectivity index (χ1v) is 7.09. The molecule has 0 aliphatic rings. The van der Waals surface area contributed by atoms with Gasteiger partial charge in [0.25, 0.3) is 0 Å². The lowest BCUT2D eigenvalue weighted by atomic mass is 10.2. The van der Waals surface area contributed by atoms with Crippen LogP contribution in [0.1, 0.15) is 10.4 Å². The molecule has 0 saturated carbocycles. The Morgan fingerprint density at radius 1 is 0.792 bits per heavy atom. The molecule has 3 nitrogen and oxygen atoms in total. The maximum atomic E-state index is 10.9. The summed E-state index contributed by atoms with van der Waals surface area (Å²) in [5.74, 6) is 0.923. The number of ether oxygens (including phenoxy) is 2. The van der Waals surface area contributed by atoms with Crippen molar-refractivity contribution in [3.63, 3.8) is 0 Å². The summed E-state index contributed by atoms with van der Waals surface area (Å²) >= 11 is 0. The minimum absolute atomic E-state index is 0.433. The summed E-state index contributed by atoms with van der Waals surface area (Å²) in [5, 5.41) is 0. The van der Waals surface area contributed by atoms with E-state index in [0.717, 1.165) is 6.29 Å². The van der Waals surface area contributed by atoms with Gasteiger partial charge in [0.1, 0.15) is 6.29 Å². The first kappa shape index (κ1) is 18.5. The van der Waals surface area contributed by atoms with E-state index in [1.54, 1.807) is 66.8 Å². The minimum atomic E-state index is 0.433. The van der Waals surface area contributed by atoms with Crippen molar-refractivity contribution in [3.8, 4) is 11.5 Å². The van der Waals surface area contributed by atoms with Crippen LogP contribution in [0.25, 0.3) is 0 Å². The standard InChI is InChI=1S/C21H18O3/c1-3-5-7-9-11-15-23-20-14-13-19(18-22)17-21(20)24-16-12-10-8-6-4-2/h5-18H,1-2H2/b9-7+,10-8-,15-11+,16-12+. The van der Waals surface area contributed by atoms with Crippen molar-refractivity contribution < 1.29 is 14.3 Å². The van der Waals surface area contributed by atoms with E-state index in [-0.39, 0.29) is 0 Å². The molecule has 0 aliphatic heterocycles. The molecule has 0 atom stereocenters. The molecule has 120 valence electrons. The van der Waals surface area contributed by atoms with Crippen LogP contribution in [0.3, 0.4) is 0 Å². The number of carbonyl (C=O) groups excluding carboxylic acids is 1. The zero-order valence-electron chi connectivity index (χ0n) is 13.2. The molecule has 24 heavy (non-hydrogen) atoms. The smallest absolute Gasteiger partial charge is 0.169 e. The predicted molar refractivity (Wildman–Crippen MR) is 97.1 cm³/mol. The van der Waals surface area contributed by atoms with Gasteiger partial charge in [-0.2, -0.15) is 0 Å². The number of allylic oxidation sites excluding steroid dienone is 8. The van der Waals surface area contributed by atoms with Crippen LogP contribution in [0.2, 0.25) is 0 Å². The molecule has 0 spiro atoms. The van der Waals surface area contributed by atoms with Gasteiger partial charge in [0, 0.05) is 5.56 Å². The van der Waals surface area contributed by atoms with Crippen molar-refractivity contribution in [3.05, 3.63) is 110 Å². The van der Waals surface area contributed by atoms with Crippen LogP contribution in [-0.2, 0) is 0 Å². The molecule has 3 heteroatoms. The lowest BCUT2D eigenvalue weighted by molar-refractivity contribution is 0.112. The topological polar surface area (TPSA) is 35.5 Å². The fourth-order valence-corrected chi connectivity index (χ4v) is 1.48. The molecule has 0 aliphatic carbocycles. The SMILES string of the molecule is C=C=C/C=C\C=C\Oc1cc(C=O)ccc1O/C=C/C=C/C=C=C. The lowest BCUT2D eigenvalue weighted by Gasteiger charge is -2.07. The van der Waals surface area contributed by atoms with Crippen molar-refractivity contribution >= 4 is 6.29 Å². The number of hydrogen-bond donors (Lipinski definition) is 0. The summed E-state index contributed by atoms with van der Waals surface area (Å²) in [5.41, 5.74) is 5.75. The zero-order chi connectivity index (χ0) is 17.5. The van der Waals surface area contributed by atoms with Gasteiger partial charge < -0.3 is 9.47 Å². The second kappa shape index (κ2) is 12.1. The highest BCUT2D eigenvalue weighted by Gasteiger charge is 2.04. The average Bonchev–Trinajstić information content (AvgIpc) is 2.61. The molecule has 0 saturated heterocycles. The Hall–Kier alpha value is -3.51. The monoisotopic (exact) mass is 318 g/mol. The van der Waals surface area contributed by atoms with Gasteiger partial charge in [0.2, 0.25) is 0 Å². The van der Waals surface area contributed by atoms with E-state index in [0.29, 0.717) is 17.1 Å². The van der Waals surface area contributed by atoms with E-state index in [2.05, 4.69) is 24.6 Å². The van der Waals surface area contributed by atoms with Crippen LogP contribution in [0.4, 0.5) is 0 Å². The number of carbonyl (C=O) groups is 1. The lowest BCUT2D eigenvalue weighted by Crippen LogP contribution is -1.91. The Morgan fingerprint density at radius 2 is 1.38 bits per heavy atom. The Bertz CT molecular complexity index is 751. The zero-order valence-corrected chi connectivity index (χ0v) is 13.2. The van der Waals surface area contributed by atoms with Gasteiger partial charge in [-0.05, 0) is 42.5 Å². The summed E-state index contributed by atoms with van der Waals surface area (Å²) in [4.78, 5) is 10.9. The molecule has 0 amide bonds. The number of rotatable bonds is 9. The normalized spacial score (nSPS) is 10.8. The largest absolute Gasteiger partial charge is 0.461 e. The van der Waals surface area contributed by atoms with Crippen LogP contribution in [0, 0.1) is 0 Å². The van der Waals surface area contributed by atoms with Gasteiger partial charge in [0.15, 0.2) is 11.5 Å². The maximum absolute atomic E-state index is 10.9. The Morgan fingerprint density at radius 3 is 1.92 bits per heavy atom. The third-order valence-electron chi connectivity index (χ3n) is 2.52. The fraction of sp³-hybridized carbons (Fsp3) is 0. The molecule has 1 aromatic carbocycles. The van der Waals surface area contributed by atoms with Gasteiger partial charge >= 0.3 is 0 Å². The quantitative estimate of drug-likeness (QED) is 0.276.